The van der Waals surface area contributed by atoms with Crippen molar-refractivity contribution in [1.82, 2.24) is 14.9 Å². The van der Waals surface area contributed by atoms with Gasteiger partial charge in [-0.3, -0.25) is 9.59 Å². The first-order valence-corrected chi connectivity index (χ1v) is 8.66. The molecule has 0 radical (unpaired) electrons. The van der Waals surface area contributed by atoms with E-state index >= 15 is 0 Å². The topological polar surface area (TPSA) is 84.5 Å². The molecule has 1 aliphatic rings. The highest BCUT2D eigenvalue weighted by molar-refractivity contribution is 5.96. The minimum atomic E-state index is -0.0868. The molecule has 1 N–H and O–H groups in total. The van der Waals surface area contributed by atoms with E-state index in [2.05, 4.69) is 9.97 Å². The van der Waals surface area contributed by atoms with Gasteiger partial charge in [0, 0.05) is 31.4 Å². The van der Waals surface area contributed by atoms with Crippen LogP contribution in [0.1, 0.15) is 28.8 Å². The number of aromatic amines is 1. The predicted octanol–water partition coefficient (Wildman–Crippen LogP) is 1.88. The smallest absolute Gasteiger partial charge is 0.259 e. The number of likely N-dealkylation sites (tertiary alicyclic amines) is 1. The van der Waals surface area contributed by atoms with Crippen LogP contribution in [0.5, 0.6) is 11.8 Å². The molecular formula is C19H23N3O4. The van der Waals surface area contributed by atoms with Gasteiger partial charge in [0.2, 0.25) is 17.3 Å². The van der Waals surface area contributed by atoms with Crippen molar-refractivity contribution in [3.63, 3.8) is 0 Å². The molecule has 1 fully saturated rings. The third kappa shape index (κ3) is 4.04. The molecule has 1 amide bonds. The Bertz CT molecular complexity index is 805. The van der Waals surface area contributed by atoms with E-state index in [1.165, 1.54) is 14.2 Å². The van der Waals surface area contributed by atoms with E-state index in [-0.39, 0.29) is 17.3 Å². The van der Waals surface area contributed by atoms with Crippen LogP contribution >= 0.6 is 0 Å². The standard InChI is InChI=1S/C19H23N3O4/c1-25-17-6-4-15(18(21-17)26-2)19(24)22-9-7-13(8-10-22)11-14-3-5-16(23)20-12-14/h3-6,12-13H,7-11H2,1-2H3,(H,20,23). The van der Waals surface area contributed by atoms with Gasteiger partial charge in [0.1, 0.15) is 5.56 Å². The molecule has 1 saturated heterocycles. The summed E-state index contributed by atoms with van der Waals surface area (Å²) in [5, 5.41) is 0. The van der Waals surface area contributed by atoms with Crippen LogP contribution in [0, 0.1) is 5.92 Å². The summed E-state index contributed by atoms with van der Waals surface area (Å²) >= 11 is 0. The number of nitrogens with one attached hydrogen (secondary N) is 1. The van der Waals surface area contributed by atoms with Crippen LogP contribution in [-0.4, -0.2) is 48.1 Å². The molecule has 7 nitrogen and oxygen atoms in total. The molecule has 0 atom stereocenters. The first kappa shape index (κ1) is 18.0. The fourth-order valence-electron chi connectivity index (χ4n) is 3.27. The SMILES string of the molecule is COc1ccc(C(=O)N2CCC(Cc3ccc(=O)[nH]c3)CC2)c(OC)n1. The third-order valence-corrected chi connectivity index (χ3v) is 4.74. The molecule has 3 rings (SSSR count). The molecule has 2 aromatic heterocycles. The van der Waals surface area contributed by atoms with Gasteiger partial charge < -0.3 is 19.4 Å². The van der Waals surface area contributed by atoms with Gasteiger partial charge in [0.25, 0.3) is 5.91 Å². The van der Waals surface area contributed by atoms with Gasteiger partial charge in [0.05, 0.1) is 14.2 Å². The van der Waals surface area contributed by atoms with Gasteiger partial charge in [-0.1, -0.05) is 6.07 Å². The first-order chi connectivity index (χ1) is 12.6. The molecule has 0 unspecified atom stereocenters. The van der Waals surface area contributed by atoms with E-state index in [1.807, 2.05) is 11.0 Å². The summed E-state index contributed by atoms with van der Waals surface area (Å²) in [6.45, 7) is 1.39. The number of amides is 1. The van der Waals surface area contributed by atoms with Crippen molar-refractivity contribution in [3.05, 3.63) is 51.9 Å². The van der Waals surface area contributed by atoms with Crippen molar-refractivity contribution < 1.29 is 14.3 Å². The summed E-state index contributed by atoms with van der Waals surface area (Å²) in [4.78, 5) is 32.7. The van der Waals surface area contributed by atoms with Crippen LogP contribution in [0.25, 0.3) is 0 Å². The average molecular weight is 357 g/mol. The van der Waals surface area contributed by atoms with Crippen LogP contribution in [0.15, 0.2) is 35.3 Å². The fraction of sp³-hybridized carbons (Fsp3) is 0.421. The molecule has 0 spiro atoms. The second-order valence-corrected chi connectivity index (χ2v) is 6.41. The number of ether oxygens (including phenoxy) is 2. The van der Waals surface area contributed by atoms with Gasteiger partial charge in [-0.15, -0.1) is 0 Å². The maximum atomic E-state index is 12.8. The average Bonchev–Trinajstić information content (AvgIpc) is 2.69. The highest BCUT2D eigenvalue weighted by atomic mass is 16.5. The second kappa shape index (κ2) is 8.03. The maximum Gasteiger partial charge on any atom is 0.259 e. The number of carbonyl (C=O) groups is 1. The quantitative estimate of drug-likeness (QED) is 0.883. The van der Waals surface area contributed by atoms with Gasteiger partial charge in [-0.2, -0.15) is 4.98 Å². The van der Waals surface area contributed by atoms with Crippen molar-refractivity contribution >= 4 is 5.91 Å². The molecule has 0 saturated carbocycles. The number of aromatic nitrogens is 2. The van der Waals surface area contributed by atoms with Crippen LogP contribution in [-0.2, 0) is 6.42 Å². The maximum absolute atomic E-state index is 12.8. The predicted molar refractivity (Wildman–Crippen MR) is 96.7 cm³/mol. The van der Waals surface area contributed by atoms with Crippen molar-refractivity contribution in [2.75, 3.05) is 27.3 Å². The van der Waals surface area contributed by atoms with E-state index in [9.17, 15) is 9.59 Å². The Balaban J connectivity index is 1.61. The Morgan fingerprint density at radius 1 is 1.19 bits per heavy atom. The lowest BCUT2D eigenvalue weighted by Gasteiger charge is -2.32. The van der Waals surface area contributed by atoms with Crippen LogP contribution in [0.3, 0.4) is 0 Å². The van der Waals surface area contributed by atoms with Crippen LogP contribution in [0.4, 0.5) is 0 Å². The van der Waals surface area contributed by atoms with E-state index < -0.39 is 0 Å². The lowest BCUT2D eigenvalue weighted by molar-refractivity contribution is 0.0686. The molecule has 3 heterocycles. The van der Waals surface area contributed by atoms with Gasteiger partial charge >= 0.3 is 0 Å². The number of carbonyl (C=O) groups excluding carboxylic acids is 1. The van der Waals surface area contributed by atoms with E-state index in [0.717, 1.165) is 24.8 Å². The summed E-state index contributed by atoms with van der Waals surface area (Å²) in [5.74, 6) is 1.13. The minimum absolute atomic E-state index is 0.0699. The largest absolute Gasteiger partial charge is 0.481 e. The fourth-order valence-corrected chi connectivity index (χ4v) is 3.27. The molecule has 26 heavy (non-hydrogen) atoms. The Morgan fingerprint density at radius 2 is 1.96 bits per heavy atom. The number of hydrogen-bond acceptors (Lipinski definition) is 5. The second-order valence-electron chi connectivity index (χ2n) is 6.41. The highest BCUT2D eigenvalue weighted by Gasteiger charge is 2.26. The summed E-state index contributed by atoms with van der Waals surface area (Å²) in [5.41, 5.74) is 1.49. The Labute approximate surface area is 152 Å². The van der Waals surface area contributed by atoms with Crippen molar-refractivity contribution in [1.29, 1.82) is 0 Å². The first-order valence-electron chi connectivity index (χ1n) is 8.66. The normalized spacial score (nSPS) is 14.9. The monoisotopic (exact) mass is 357 g/mol. The lowest BCUT2D eigenvalue weighted by Crippen LogP contribution is -2.39. The van der Waals surface area contributed by atoms with Crippen molar-refractivity contribution in [2.24, 2.45) is 5.92 Å². The number of piperidine rings is 1. The molecule has 7 heteroatoms. The summed E-state index contributed by atoms with van der Waals surface area (Å²) in [7, 11) is 3.02. The molecule has 2 aromatic rings. The zero-order valence-electron chi connectivity index (χ0n) is 15.0. The lowest BCUT2D eigenvalue weighted by atomic mass is 9.90. The van der Waals surface area contributed by atoms with E-state index in [0.29, 0.717) is 30.5 Å². The number of methoxy groups -OCH3 is 2. The van der Waals surface area contributed by atoms with E-state index in [4.69, 9.17) is 9.47 Å². The zero-order valence-corrected chi connectivity index (χ0v) is 15.0. The Morgan fingerprint density at radius 3 is 2.58 bits per heavy atom. The van der Waals surface area contributed by atoms with Gasteiger partial charge in [-0.05, 0) is 36.8 Å². The molecule has 0 aliphatic carbocycles. The summed E-state index contributed by atoms with van der Waals surface area (Å²) in [6.07, 6.45) is 4.54. The Hall–Kier alpha value is -2.83. The molecular weight excluding hydrogens is 334 g/mol. The van der Waals surface area contributed by atoms with Crippen LogP contribution < -0.4 is 15.0 Å². The Kier molecular flexibility index (Phi) is 5.55. The molecule has 138 valence electrons. The zero-order chi connectivity index (χ0) is 18.5. The molecule has 0 bridgehead atoms. The number of nitrogens with zero attached hydrogens (tertiary/aromatic N) is 2. The minimum Gasteiger partial charge on any atom is -0.481 e. The highest BCUT2D eigenvalue weighted by Crippen LogP contribution is 2.26. The third-order valence-electron chi connectivity index (χ3n) is 4.74. The van der Waals surface area contributed by atoms with Crippen molar-refractivity contribution in [3.8, 4) is 11.8 Å². The number of hydrogen-bond donors (Lipinski definition) is 1. The van der Waals surface area contributed by atoms with Crippen LogP contribution in [0.2, 0.25) is 0 Å². The number of pyridine rings is 2. The van der Waals surface area contributed by atoms with Crippen molar-refractivity contribution in [2.45, 2.75) is 19.3 Å². The van der Waals surface area contributed by atoms with E-state index in [1.54, 1.807) is 24.4 Å². The molecule has 0 aromatic carbocycles. The number of H-pyrrole nitrogens is 1. The summed E-state index contributed by atoms with van der Waals surface area (Å²) < 4.78 is 10.3. The summed E-state index contributed by atoms with van der Waals surface area (Å²) in [6, 6.07) is 6.78. The van der Waals surface area contributed by atoms with Gasteiger partial charge in [-0.25, -0.2) is 0 Å². The molecule has 1 aliphatic heterocycles. The number of rotatable bonds is 5. The van der Waals surface area contributed by atoms with Gasteiger partial charge in [0.15, 0.2) is 0 Å².